The number of oxime groups is 1. The molecule has 2 amide bonds. The minimum absolute atomic E-state index is 0.0719. The van der Waals surface area contributed by atoms with Gasteiger partial charge in [-0.2, -0.15) is 11.3 Å². The lowest BCUT2D eigenvalue weighted by Crippen LogP contribution is -2.30. The number of hydrogen-bond donors (Lipinski definition) is 0. The number of imide groups is 1. The topological polar surface area (TPSA) is 89.7 Å². The Morgan fingerprint density at radius 2 is 1.84 bits per heavy atom. The van der Waals surface area contributed by atoms with Crippen LogP contribution in [0.15, 0.2) is 77.0 Å². The van der Waals surface area contributed by atoms with Crippen LogP contribution in [0, 0.1) is 0 Å². The first-order chi connectivity index (χ1) is 15.6. The molecule has 9 heteroatoms. The molecule has 0 aliphatic carbocycles. The molecule has 0 radical (unpaired) electrons. The maximum absolute atomic E-state index is 12.7. The van der Waals surface area contributed by atoms with Crippen molar-refractivity contribution in [3.05, 3.63) is 99.9 Å². The standard InChI is InChI=1S/C23H17N5O3S/c1-27-14-24-11-19(27)21(15-9-10-32-13-15)26-31-12-16-5-4-8-20(25-16)28-22(29)17-6-2-3-7-18(17)23(28)30/h2-11,13-14H,12H2,1H3. The highest BCUT2D eigenvalue weighted by Crippen LogP contribution is 2.27. The summed E-state index contributed by atoms with van der Waals surface area (Å²) >= 11 is 1.56. The van der Waals surface area contributed by atoms with Crippen LogP contribution in [0.5, 0.6) is 0 Å². The molecule has 1 aliphatic heterocycles. The number of hydrogen-bond acceptors (Lipinski definition) is 7. The van der Waals surface area contributed by atoms with Crippen LogP contribution in [0.3, 0.4) is 0 Å². The minimum atomic E-state index is -0.384. The third-order valence-electron chi connectivity index (χ3n) is 5.04. The van der Waals surface area contributed by atoms with Gasteiger partial charge in [0.2, 0.25) is 0 Å². The third-order valence-corrected chi connectivity index (χ3v) is 5.72. The summed E-state index contributed by atoms with van der Waals surface area (Å²) in [4.78, 5) is 40.8. The fraction of sp³-hybridized carbons (Fsp3) is 0.0870. The number of amides is 2. The molecule has 158 valence electrons. The molecule has 8 nitrogen and oxygen atoms in total. The average molecular weight is 443 g/mol. The van der Waals surface area contributed by atoms with Gasteiger partial charge in [-0.1, -0.05) is 23.4 Å². The van der Waals surface area contributed by atoms with Crippen molar-refractivity contribution in [1.29, 1.82) is 0 Å². The van der Waals surface area contributed by atoms with Crippen molar-refractivity contribution in [3.8, 4) is 0 Å². The Bertz CT molecular complexity index is 1310. The summed E-state index contributed by atoms with van der Waals surface area (Å²) in [6.07, 6.45) is 3.42. The van der Waals surface area contributed by atoms with Gasteiger partial charge in [-0.05, 0) is 35.7 Å². The van der Waals surface area contributed by atoms with E-state index in [1.54, 1.807) is 66.3 Å². The van der Waals surface area contributed by atoms with Crippen LogP contribution >= 0.6 is 11.3 Å². The van der Waals surface area contributed by atoms with Crippen molar-refractivity contribution in [3.63, 3.8) is 0 Å². The quantitative estimate of drug-likeness (QED) is 0.258. The van der Waals surface area contributed by atoms with Crippen LogP contribution in [0.4, 0.5) is 5.82 Å². The first-order valence-electron chi connectivity index (χ1n) is 9.76. The molecule has 3 aromatic heterocycles. The van der Waals surface area contributed by atoms with E-state index in [0.29, 0.717) is 22.5 Å². The molecule has 5 rings (SSSR count). The molecule has 1 aromatic carbocycles. The number of aryl methyl sites for hydroxylation is 1. The van der Waals surface area contributed by atoms with Gasteiger partial charge in [0.05, 0.1) is 35.0 Å². The summed E-state index contributed by atoms with van der Waals surface area (Å²) in [5.74, 6) is -0.513. The molecule has 32 heavy (non-hydrogen) atoms. The van der Waals surface area contributed by atoms with Gasteiger partial charge < -0.3 is 9.40 Å². The van der Waals surface area contributed by atoms with Crippen molar-refractivity contribution >= 4 is 34.7 Å². The highest BCUT2D eigenvalue weighted by atomic mass is 32.1. The van der Waals surface area contributed by atoms with E-state index < -0.39 is 0 Å². The van der Waals surface area contributed by atoms with Crippen molar-refractivity contribution in [2.24, 2.45) is 12.2 Å². The normalized spacial score (nSPS) is 13.5. The molecule has 0 fully saturated rings. The Hall–Kier alpha value is -4.11. The largest absolute Gasteiger partial charge is 0.389 e. The third kappa shape index (κ3) is 3.48. The summed E-state index contributed by atoms with van der Waals surface area (Å²) in [6.45, 7) is 0.0719. The smallest absolute Gasteiger partial charge is 0.267 e. The summed E-state index contributed by atoms with van der Waals surface area (Å²) in [5, 5.41) is 8.28. The number of anilines is 1. The highest BCUT2D eigenvalue weighted by Gasteiger charge is 2.37. The van der Waals surface area contributed by atoms with E-state index in [1.165, 1.54) is 0 Å². The maximum Gasteiger partial charge on any atom is 0.267 e. The molecule has 0 atom stereocenters. The monoisotopic (exact) mass is 443 g/mol. The van der Waals surface area contributed by atoms with E-state index in [2.05, 4.69) is 15.1 Å². The summed E-state index contributed by atoms with van der Waals surface area (Å²) in [6, 6.07) is 13.8. The highest BCUT2D eigenvalue weighted by molar-refractivity contribution is 7.08. The van der Waals surface area contributed by atoms with Crippen molar-refractivity contribution in [2.75, 3.05) is 4.90 Å². The molecular weight excluding hydrogens is 426 g/mol. The van der Waals surface area contributed by atoms with Gasteiger partial charge in [0, 0.05) is 18.0 Å². The van der Waals surface area contributed by atoms with E-state index in [-0.39, 0.29) is 24.2 Å². The van der Waals surface area contributed by atoms with E-state index in [4.69, 9.17) is 4.84 Å². The molecule has 0 unspecified atom stereocenters. The van der Waals surface area contributed by atoms with Crippen molar-refractivity contribution in [2.45, 2.75) is 6.61 Å². The number of fused-ring (bicyclic) bond motifs is 1. The Balaban J connectivity index is 1.38. The molecule has 1 aliphatic rings. The van der Waals surface area contributed by atoms with Crippen LogP contribution in [-0.4, -0.2) is 32.1 Å². The number of carbonyl (C=O) groups excluding carboxylic acids is 2. The average Bonchev–Trinajstić information content (AvgIpc) is 3.54. The van der Waals surface area contributed by atoms with Gasteiger partial charge >= 0.3 is 0 Å². The SMILES string of the molecule is Cn1cncc1C(=NOCc1cccc(N2C(=O)c3ccccc3C2=O)n1)c1ccsc1. The van der Waals surface area contributed by atoms with Crippen LogP contribution < -0.4 is 4.90 Å². The van der Waals surface area contributed by atoms with Gasteiger partial charge in [0.25, 0.3) is 11.8 Å². The first kappa shape index (κ1) is 19.8. The molecule has 0 bridgehead atoms. The summed E-state index contributed by atoms with van der Waals surface area (Å²) in [5.41, 5.74) is 3.69. The molecule has 0 saturated heterocycles. The molecular formula is C23H17N5O3S. The first-order valence-corrected chi connectivity index (χ1v) is 10.7. The Morgan fingerprint density at radius 1 is 1.06 bits per heavy atom. The lowest BCUT2D eigenvalue weighted by molar-refractivity contribution is 0.0924. The van der Waals surface area contributed by atoms with E-state index in [1.807, 2.05) is 28.4 Å². The Kier molecular flexibility index (Phi) is 5.08. The number of aromatic nitrogens is 3. The maximum atomic E-state index is 12.7. The van der Waals surface area contributed by atoms with E-state index in [0.717, 1.165) is 16.2 Å². The van der Waals surface area contributed by atoms with E-state index in [9.17, 15) is 9.59 Å². The van der Waals surface area contributed by atoms with Gasteiger partial charge in [-0.15, -0.1) is 0 Å². The van der Waals surface area contributed by atoms with Gasteiger partial charge in [-0.25, -0.2) is 14.9 Å². The van der Waals surface area contributed by atoms with Crippen molar-refractivity contribution in [1.82, 2.24) is 14.5 Å². The molecule has 4 heterocycles. The lowest BCUT2D eigenvalue weighted by atomic mass is 10.1. The fourth-order valence-corrected chi connectivity index (χ4v) is 4.10. The molecule has 0 saturated carbocycles. The zero-order valence-corrected chi connectivity index (χ0v) is 17.8. The van der Waals surface area contributed by atoms with Gasteiger partial charge in [0.15, 0.2) is 6.61 Å². The second-order valence-electron chi connectivity index (χ2n) is 7.09. The second kappa shape index (κ2) is 8.20. The number of thiophene rings is 1. The van der Waals surface area contributed by atoms with Crippen LogP contribution in [-0.2, 0) is 18.5 Å². The number of benzene rings is 1. The molecule has 0 N–H and O–H groups in total. The number of imidazole rings is 1. The summed E-state index contributed by atoms with van der Waals surface area (Å²) in [7, 11) is 1.89. The van der Waals surface area contributed by atoms with Crippen LogP contribution in [0.2, 0.25) is 0 Å². The minimum Gasteiger partial charge on any atom is -0.389 e. The lowest BCUT2D eigenvalue weighted by Gasteiger charge is -2.13. The van der Waals surface area contributed by atoms with E-state index >= 15 is 0 Å². The number of nitrogens with zero attached hydrogens (tertiary/aromatic N) is 5. The van der Waals surface area contributed by atoms with Gasteiger partial charge in [-0.3, -0.25) is 9.59 Å². The Morgan fingerprint density at radius 3 is 2.50 bits per heavy atom. The predicted molar refractivity (Wildman–Crippen MR) is 120 cm³/mol. The molecule has 0 spiro atoms. The fourth-order valence-electron chi connectivity index (χ4n) is 3.46. The zero-order chi connectivity index (χ0) is 22.1. The number of pyridine rings is 1. The predicted octanol–water partition coefficient (Wildman–Crippen LogP) is 3.65. The van der Waals surface area contributed by atoms with Crippen molar-refractivity contribution < 1.29 is 14.4 Å². The second-order valence-corrected chi connectivity index (χ2v) is 7.87. The summed E-state index contributed by atoms with van der Waals surface area (Å²) < 4.78 is 1.86. The van der Waals surface area contributed by atoms with Gasteiger partial charge in [0.1, 0.15) is 11.5 Å². The molecule has 4 aromatic rings. The Labute approximate surface area is 187 Å². The van der Waals surface area contributed by atoms with Crippen LogP contribution in [0.25, 0.3) is 0 Å². The number of carbonyl (C=O) groups is 2. The van der Waals surface area contributed by atoms with Crippen LogP contribution in [0.1, 0.15) is 37.7 Å². The number of rotatable bonds is 6. The zero-order valence-electron chi connectivity index (χ0n) is 17.0.